The molecule has 0 unspecified atom stereocenters. The second-order valence-corrected chi connectivity index (χ2v) is 7.20. The van der Waals surface area contributed by atoms with Crippen molar-refractivity contribution in [3.63, 3.8) is 0 Å². The van der Waals surface area contributed by atoms with Crippen LogP contribution in [0.2, 0.25) is 0 Å². The number of carboxylic acid groups (broad SMARTS) is 1. The third kappa shape index (κ3) is 2.65. The first-order valence-electron chi connectivity index (χ1n) is 7.46. The molecular formula is C16H18N2O4S. The molecule has 122 valence electrons. The third-order valence-corrected chi connectivity index (χ3v) is 5.89. The summed E-state index contributed by atoms with van der Waals surface area (Å²) in [6.45, 7) is 3.78. The second-order valence-electron chi connectivity index (χ2n) is 6.11. The highest BCUT2D eigenvalue weighted by Gasteiger charge is 2.51. The van der Waals surface area contributed by atoms with Crippen molar-refractivity contribution in [2.75, 3.05) is 0 Å². The van der Waals surface area contributed by atoms with E-state index in [0.717, 1.165) is 10.4 Å². The van der Waals surface area contributed by atoms with Crippen molar-refractivity contribution in [1.29, 1.82) is 0 Å². The van der Waals surface area contributed by atoms with Crippen molar-refractivity contribution in [2.24, 2.45) is 23.7 Å². The van der Waals surface area contributed by atoms with Gasteiger partial charge in [-0.3, -0.25) is 25.2 Å². The van der Waals surface area contributed by atoms with Crippen molar-refractivity contribution in [1.82, 2.24) is 10.9 Å². The molecule has 0 saturated heterocycles. The second kappa shape index (κ2) is 5.81. The van der Waals surface area contributed by atoms with Gasteiger partial charge < -0.3 is 5.11 Å². The summed E-state index contributed by atoms with van der Waals surface area (Å²) in [7, 11) is 0. The van der Waals surface area contributed by atoms with Gasteiger partial charge in [-0.2, -0.15) is 0 Å². The maximum Gasteiger partial charge on any atom is 0.307 e. The molecule has 23 heavy (non-hydrogen) atoms. The van der Waals surface area contributed by atoms with E-state index >= 15 is 0 Å². The fourth-order valence-corrected chi connectivity index (χ4v) is 4.39. The van der Waals surface area contributed by atoms with Gasteiger partial charge in [0.1, 0.15) is 0 Å². The summed E-state index contributed by atoms with van der Waals surface area (Å²) >= 11 is 1.47. The third-order valence-electron chi connectivity index (χ3n) is 4.88. The lowest BCUT2D eigenvalue weighted by Gasteiger charge is -2.23. The van der Waals surface area contributed by atoms with Crippen LogP contribution in [-0.2, 0) is 9.59 Å². The number of nitrogens with one attached hydrogen (secondary N) is 2. The number of fused-ring (bicyclic) bond motifs is 2. The summed E-state index contributed by atoms with van der Waals surface area (Å²) in [4.78, 5) is 36.9. The minimum absolute atomic E-state index is 0.0665. The molecule has 6 nitrogen and oxygen atoms in total. The monoisotopic (exact) mass is 334 g/mol. The molecular weight excluding hydrogens is 316 g/mol. The summed E-state index contributed by atoms with van der Waals surface area (Å²) in [6.07, 6.45) is 4.47. The molecule has 0 aliphatic heterocycles. The maximum absolute atomic E-state index is 12.4. The van der Waals surface area contributed by atoms with Crippen molar-refractivity contribution < 1.29 is 19.5 Å². The van der Waals surface area contributed by atoms with E-state index in [0.29, 0.717) is 12.0 Å². The highest BCUT2D eigenvalue weighted by atomic mass is 32.1. The Kier molecular flexibility index (Phi) is 3.97. The van der Waals surface area contributed by atoms with Crippen LogP contribution in [0.25, 0.3) is 0 Å². The van der Waals surface area contributed by atoms with Gasteiger partial charge in [-0.05, 0) is 37.7 Å². The molecule has 2 bridgehead atoms. The largest absolute Gasteiger partial charge is 0.481 e. The minimum Gasteiger partial charge on any atom is -0.481 e. The first-order valence-corrected chi connectivity index (χ1v) is 8.34. The molecule has 2 amide bonds. The van der Waals surface area contributed by atoms with Gasteiger partial charge in [-0.25, -0.2) is 0 Å². The number of carbonyl (C=O) groups excluding carboxylic acids is 2. The average Bonchev–Trinajstić information content (AvgIpc) is 3.20. The zero-order valence-electron chi connectivity index (χ0n) is 12.8. The van der Waals surface area contributed by atoms with Gasteiger partial charge in [0.15, 0.2) is 0 Å². The molecule has 1 saturated carbocycles. The Bertz CT molecular complexity index is 709. The fraction of sp³-hybridized carbons (Fsp3) is 0.438. The molecule has 0 aromatic carbocycles. The smallest absolute Gasteiger partial charge is 0.307 e. The van der Waals surface area contributed by atoms with E-state index in [1.165, 1.54) is 11.3 Å². The van der Waals surface area contributed by atoms with Crippen LogP contribution < -0.4 is 10.9 Å². The van der Waals surface area contributed by atoms with Crippen molar-refractivity contribution in [3.05, 3.63) is 33.5 Å². The first-order chi connectivity index (χ1) is 10.9. The number of hydrogen-bond acceptors (Lipinski definition) is 4. The quantitative estimate of drug-likeness (QED) is 0.578. The molecule has 7 heteroatoms. The Labute approximate surface area is 137 Å². The molecule has 0 spiro atoms. The lowest BCUT2D eigenvalue weighted by atomic mass is 9.82. The number of aryl methyl sites for hydroxylation is 1. The lowest BCUT2D eigenvalue weighted by Crippen LogP contribution is -2.48. The molecule has 3 rings (SSSR count). The van der Waals surface area contributed by atoms with E-state index < -0.39 is 23.7 Å². The number of amides is 2. The highest BCUT2D eigenvalue weighted by Crippen LogP contribution is 2.48. The Morgan fingerprint density at radius 3 is 2.35 bits per heavy atom. The van der Waals surface area contributed by atoms with E-state index in [9.17, 15) is 19.5 Å². The molecule has 4 atom stereocenters. The molecule has 2 aliphatic rings. The van der Waals surface area contributed by atoms with Gasteiger partial charge in [0.05, 0.1) is 17.4 Å². The highest BCUT2D eigenvalue weighted by molar-refractivity contribution is 7.10. The molecule has 1 aromatic heterocycles. The van der Waals surface area contributed by atoms with Gasteiger partial charge in [0.2, 0.25) is 5.91 Å². The van der Waals surface area contributed by atoms with E-state index in [1.807, 2.05) is 26.0 Å². The van der Waals surface area contributed by atoms with Crippen LogP contribution in [0, 0.1) is 37.5 Å². The van der Waals surface area contributed by atoms with E-state index in [4.69, 9.17) is 0 Å². The van der Waals surface area contributed by atoms with E-state index in [1.54, 1.807) is 5.38 Å². The minimum atomic E-state index is -0.961. The molecule has 0 radical (unpaired) electrons. The first kappa shape index (κ1) is 15.7. The van der Waals surface area contributed by atoms with Crippen LogP contribution in [0.4, 0.5) is 0 Å². The number of aliphatic carboxylic acids is 1. The zero-order chi connectivity index (χ0) is 16.7. The summed E-state index contributed by atoms with van der Waals surface area (Å²) in [5.74, 6) is -3.29. The SMILES string of the molecule is Cc1scc(C(=O)NNC(=O)[C@H]2[C@@H](C(=O)O)[C@H]3C=C[C@@H]2C3)c1C. The van der Waals surface area contributed by atoms with Crippen LogP contribution in [0.3, 0.4) is 0 Å². The van der Waals surface area contributed by atoms with Crippen LogP contribution in [-0.4, -0.2) is 22.9 Å². The number of hydrogen-bond donors (Lipinski definition) is 3. The molecule has 1 fully saturated rings. The Hall–Kier alpha value is -2.15. The van der Waals surface area contributed by atoms with E-state index in [2.05, 4.69) is 10.9 Å². The summed E-state index contributed by atoms with van der Waals surface area (Å²) in [6, 6.07) is 0. The summed E-state index contributed by atoms with van der Waals surface area (Å²) in [5, 5.41) is 11.1. The van der Waals surface area contributed by atoms with Crippen LogP contribution >= 0.6 is 11.3 Å². The number of rotatable bonds is 3. The van der Waals surface area contributed by atoms with Gasteiger partial charge in [0, 0.05) is 10.3 Å². The van der Waals surface area contributed by atoms with Crippen molar-refractivity contribution >= 4 is 29.1 Å². The Balaban J connectivity index is 1.66. The number of hydrazine groups is 1. The fourth-order valence-electron chi connectivity index (χ4n) is 3.52. The average molecular weight is 334 g/mol. The molecule has 1 heterocycles. The molecule has 2 aliphatic carbocycles. The Morgan fingerprint density at radius 2 is 1.78 bits per heavy atom. The van der Waals surface area contributed by atoms with Crippen LogP contribution in [0.5, 0.6) is 0 Å². The standard InChI is InChI=1S/C16H18N2O4S/c1-7-8(2)23-6-11(7)14(19)17-18-15(20)12-9-3-4-10(5-9)13(12)16(21)22/h3-4,6,9-10,12-13H,5H2,1-2H3,(H,17,19)(H,18,20)(H,21,22)/t9-,10+,12-,13+/m1/s1. The number of allylic oxidation sites excluding steroid dienone is 2. The molecule has 1 aromatic rings. The summed E-state index contributed by atoms with van der Waals surface area (Å²) < 4.78 is 0. The van der Waals surface area contributed by atoms with Crippen LogP contribution in [0.1, 0.15) is 27.2 Å². The van der Waals surface area contributed by atoms with Gasteiger partial charge in [-0.15, -0.1) is 11.3 Å². The summed E-state index contributed by atoms with van der Waals surface area (Å²) in [5.41, 5.74) is 6.20. The topological polar surface area (TPSA) is 95.5 Å². The van der Waals surface area contributed by atoms with Crippen molar-refractivity contribution in [3.8, 4) is 0 Å². The van der Waals surface area contributed by atoms with Gasteiger partial charge >= 0.3 is 5.97 Å². The number of thiophene rings is 1. The zero-order valence-corrected chi connectivity index (χ0v) is 13.6. The molecule has 3 N–H and O–H groups in total. The predicted octanol–water partition coefficient (Wildman–Crippen LogP) is 1.65. The Morgan fingerprint density at radius 1 is 1.13 bits per heavy atom. The lowest BCUT2D eigenvalue weighted by molar-refractivity contribution is -0.148. The van der Waals surface area contributed by atoms with Gasteiger partial charge in [-0.1, -0.05) is 12.2 Å². The normalized spacial score (nSPS) is 27.9. The predicted molar refractivity (Wildman–Crippen MR) is 84.8 cm³/mol. The number of carbonyl (C=O) groups is 3. The maximum atomic E-state index is 12.4. The van der Waals surface area contributed by atoms with Crippen molar-refractivity contribution in [2.45, 2.75) is 20.3 Å². The van der Waals surface area contributed by atoms with E-state index in [-0.39, 0.29) is 17.7 Å². The number of carboxylic acids is 1. The van der Waals surface area contributed by atoms with Crippen LogP contribution in [0.15, 0.2) is 17.5 Å². The van der Waals surface area contributed by atoms with Gasteiger partial charge in [0.25, 0.3) is 5.91 Å².